The van der Waals surface area contributed by atoms with Gasteiger partial charge in [0, 0.05) is 52.1 Å². The minimum absolute atomic E-state index is 0.770. The summed E-state index contributed by atoms with van der Waals surface area (Å²) in [6.07, 6.45) is 3.11. The van der Waals surface area contributed by atoms with Gasteiger partial charge in [-0.1, -0.05) is 6.92 Å². The molecule has 0 aliphatic carbocycles. The van der Waals surface area contributed by atoms with Crippen molar-refractivity contribution in [3.8, 4) is 0 Å². The number of ether oxygens (including phenoxy) is 1. The van der Waals surface area contributed by atoms with E-state index < -0.39 is 0 Å². The van der Waals surface area contributed by atoms with Gasteiger partial charge in [-0.15, -0.1) is 0 Å². The van der Waals surface area contributed by atoms with Crippen LogP contribution in [-0.2, 0) is 24.8 Å². The topological polar surface area (TPSA) is 42.3 Å². The summed E-state index contributed by atoms with van der Waals surface area (Å²) in [5.41, 5.74) is 2.54. The molecule has 0 fully saturated rings. The number of likely N-dealkylation sites (N-methyl/N-ethyl adjacent to an activating group) is 1. The number of nitrogens with one attached hydrogen (secondary N) is 1. The Kier molecular flexibility index (Phi) is 6.93. The largest absolute Gasteiger partial charge is 0.383 e. The van der Waals surface area contributed by atoms with E-state index in [1.807, 2.05) is 11.7 Å². The molecule has 0 aromatic carbocycles. The first kappa shape index (κ1) is 15.1. The second-order valence-corrected chi connectivity index (χ2v) is 4.61. The molecule has 1 rings (SSSR count). The average molecular weight is 254 g/mol. The summed E-state index contributed by atoms with van der Waals surface area (Å²) >= 11 is 0. The second kappa shape index (κ2) is 8.24. The summed E-state index contributed by atoms with van der Waals surface area (Å²) in [6.45, 7) is 6.81. The molecule has 5 nitrogen and oxygen atoms in total. The molecular formula is C13H26N4O. The van der Waals surface area contributed by atoms with Gasteiger partial charge in [0.25, 0.3) is 0 Å². The molecule has 0 aliphatic rings. The molecule has 0 aliphatic heterocycles. The maximum atomic E-state index is 4.99. The van der Waals surface area contributed by atoms with Crippen molar-refractivity contribution < 1.29 is 4.74 Å². The van der Waals surface area contributed by atoms with Gasteiger partial charge in [0.1, 0.15) is 0 Å². The normalized spacial score (nSPS) is 11.4. The number of aromatic nitrogens is 2. The van der Waals surface area contributed by atoms with E-state index in [0.29, 0.717) is 0 Å². The Labute approximate surface area is 110 Å². The molecule has 0 amide bonds. The molecule has 104 valence electrons. The van der Waals surface area contributed by atoms with Gasteiger partial charge in [-0.2, -0.15) is 5.10 Å². The Morgan fingerprint density at radius 2 is 2.22 bits per heavy atom. The number of aryl methyl sites for hydroxylation is 2. The van der Waals surface area contributed by atoms with Crippen LogP contribution in [0.5, 0.6) is 0 Å². The van der Waals surface area contributed by atoms with Crippen molar-refractivity contribution >= 4 is 0 Å². The van der Waals surface area contributed by atoms with Gasteiger partial charge in [-0.05, 0) is 13.5 Å². The molecule has 0 radical (unpaired) electrons. The minimum Gasteiger partial charge on any atom is -0.383 e. The first-order valence-electron chi connectivity index (χ1n) is 6.57. The Bertz CT molecular complexity index is 338. The van der Waals surface area contributed by atoms with E-state index in [-0.39, 0.29) is 0 Å². The van der Waals surface area contributed by atoms with Crippen LogP contribution >= 0.6 is 0 Å². The van der Waals surface area contributed by atoms with Crippen molar-refractivity contribution in [1.29, 1.82) is 0 Å². The van der Waals surface area contributed by atoms with Crippen LogP contribution in [0.2, 0.25) is 0 Å². The fraction of sp³-hybridized carbons (Fsp3) is 0.769. The SMILES string of the molecule is CCc1nn(C)cc1CN(C)CCNCCOC. The van der Waals surface area contributed by atoms with Gasteiger partial charge in [0.05, 0.1) is 12.3 Å². The molecule has 0 saturated heterocycles. The fourth-order valence-electron chi connectivity index (χ4n) is 1.95. The van der Waals surface area contributed by atoms with Crippen molar-refractivity contribution in [2.45, 2.75) is 19.9 Å². The quantitative estimate of drug-likeness (QED) is 0.657. The molecule has 18 heavy (non-hydrogen) atoms. The summed E-state index contributed by atoms with van der Waals surface area (Å²) in [6, 6.07) is 0. The third kappa shape index (κ3) is 5.16. The number of hydrogen-bond acceptors (Lipinski definition) is 4. The Morgan fingerprint density at radius 3 is 2.89 bits per heavy atom. The van der Waals surface area contributed by atoms with Crippen LogP contribution in [0.15, 0.2) is 6.20 Å². The highest BCUT2D eigenvalue weighted by Gasteiger charge is 2.08. The summed E-state index contributed by atoms with van der Waals surface area (Å²) in [5.74, 6) is 0. The van der Waals surface area contributed by atoms with Gasteiger partial charge < -0.3 is 15.0 Å². The minimum atomic E-state index is 0.770. The summed E-state index contributed by atoms with van der Waals surface area (Å²) in [5, 5.41) is 7.81. The lowest BCUT2D eigenvalue weighted by Crippen LogP contribution is -2.30. The highest BCUT2D eigenvalue weighted by Crippen LogP contribution is 2.09. The third-order valence-corrected chi connectivity index (χ3v) is 2.92. The van der Waals surface area contributed by atoms with E-state index in [1.165, 1.54) is 11.3 Å². The first-order chi connectivity index (χ1) is 8.67. The zero-order valence-electron chi connectivity index (χ0n) is 12.1. The van der Waals surface area contributed by atoms with Crippen molar-refractivity contribution in [2.24, 2.45) is 7.05 Å². The molecule has 0 saturated carbocycles. The van der Waals surface area contributed by atoms with Crippen LogP contribution in [0.25, 0.3) is 0 Å². The molecule has 1 N–H and O–H groups in total. The van der Waals surface area contributed by atoms with Crippen LogP contribution in [0.3, 0.4) is 0 Å². The van der Waals surface area contributed by atoms with Crippen LogP contribution in [0, 0.1) is 0 Å². The molecule has 1 heterocycles. The summed E-state index contributed by atoms with van der Waals surface area (Å²) in [7, 11) is 5.85. The third-order valence-electron chi connectivity index (χ3n) is 2.92. The van der Waals surface area contributed by atoms with Crippen LogP contribution < -0.4 is 5.32 Å². The monoisotopic (exact) mass is 254 g/mol. The maximum Gasteiger partial charge on any atom is 0.0666 e. The molecule has 1 aromatic rings. The molecule has 0 unspecified atom stereocenters. The number of nitrogens with zero attached hydrogens (tertiary/aromatic N) is 3. The Balaban J connectivity index is 2.28. The molecular weight excluding hydrogens is 228 g/mol. The van der Waals surface area contributed by atoms with E-state index in [1.54, 1.807) is 7.11 Å². The van der Waals surface area contributed by atoms with E-state index in [4.69, 9.17) is 4.74 Å². The lowest BCUT2D eigenvalue weighted by atomic mass is 10.2. The van der Waals surface area contributed by atoms with Crippen LogP contribution in [0.4, 0.5) is 0 Å². The van der Waals surface area contributed by atoms with Gasteiger partial charge in [-0.3, -0.25) is 4.68 Å². The highest BCUT2D eigenvalue weighted by molar-refractivity contribution is 5.16. The van der Waals surface area contributed by atoms with Crippen molar-refractivity contribution in [3.05, 3.63) is 17.5 Å². The lowest BCUT2D eigenvalue weighted by molar-refractivity contribution is 0.197. The fourth-order valence-corrected chi connectivity index (χ4v) is 1.95. The Morgan fingerprint density at radius 1 is 1.44 bits per heavy atom. The number of methoxy groups -OCH3 is 1. The second-order valence-electron chi connectivity index (χ2n) is 4.61. The zero-order valence-corrected chi connectivity index (χ0v) is 12.1. The highest BCUT2D eigenvalue weighted by atomic mass is 16.5. The van der Waals surface area contributed by atoms with Crippen molar-refractivity contribution in [2.75, 3.05) is 40.4 Å². The zero-order chi connectivity index (χ0) is 13.4. The predicted octanol–water partition coefficient (Wildman–Crippen LogP) is 0.650. The lowest BCUT2D eigenvalue weighted by Gasteiger charge is -2.16. The molecule has 0 bridgehead atoms. The van der Waals surface area contributed by atoms with E-state index >= 15 is 0 Å². The maximum absolute atomic E-state index is 4.99. The van der Waals surface area contributed by atoms with Crippen molar-refractivity contribution in [1.82, 2.24) is 20.0 Å². The van der Waals surface area contributed by atoms with Gasteiger partial charge in [0.2, 0.25) is 0 Å². The van der Waals surface area contributed by atoms with Crippen molar-refractivity contribution in [3.63, 3.8) is 0 Å². The number of hydrogen-bond donors (Lipinski definition) is 1. The first-order valence-corrected chi connectivity index (χ1v) is 6.57. The van der Waals surface area contributed by atoms with Crippen LogP contribution in [-0.4, -0.2) is 55.1 Å². The average Bonchev–Trinajstić information content (AvgIpc) is 2.69. The molecule has 0 spiro atoms. The molecule has 5 heteroatoms. The standard InChI is InChI=1S/C13H26N4O/c1-5-13-12(11-17(3)15-13)10-16(2)8-6-14-7-9-18-4/h11,14H,5-10H2,1-4H3. The van der Waals surface area contributed by atoms with Gasteiger partial charge in [-0.25, -0.2) is 0 Å². The van der Waals surface area contributed by atoms with Crippen LogP contribution in [0.1, 0.15) is 18.2 Å². The number of rotatable bonds is 9. The van der Waals surface area contributed by atoms with Gasteiger partial charge >= 0.3 is 0 Å². The smallest absolute Gasteiger partial charge is 0.0666 e. The Hall–Kier alpha value is -0.910. The van der Waals surface area contributed by atoms with E-state index in [2.05, 4.69) is 35.5 Å². The van der Waals surface area contributed by atoms with E-state index in [9.17, 15) is 0 Å². The van der Waals surface area contributed by atoms with E-state index in [0.717, 1.165) is 39.2 Å². The predicted molar refractivity (Wildman–Crippen MR) is 73.7 cm³/mol. The summed E-state index contributed by atoms with van der Waals surface area (Å²) < 4.78 is 6.89. The van der Waals surface area contributed by atoms with Gasteiger partial charge in [0.15, 0.2) is 0 Å². The molecule has 1 aromatic heterocycles. The summed E-state index contributed by atoms with van der Waals surface area (Å²) in [4.78, 5) is 2.32. The molecule has 0 atom stereocenters.